The van der Waals surface area contributed by atoms with E-state index in [0.717, 1.165) is 11.1 Å². The molecule has 2 N–H and O–H groups in total. The second-order valence-electron chi connectivity index (χ2n) is 4.15. The largest absolute Gasteiger partial charge is 0.457 e. The van der Waals surface area contributed by atoms with Crippen molar-refractivity contribution in [3.63, 3.8) is 0 Å². The Labute approximate surface area is 110 Å². The van der Waals surface area contributed by atoms with Crippen LogP contribution in [0.1, 0.15) is 11.1 Å². The summed E-state index contributed by atoms with van der Waals surface area (Å²) in [6, 6.07) is 7.77. The lowest BCUT2D eigenvalue weighted by Gasteiger charge is -2.12. The first-order valence-electron chi connectivity index (χ1n) is 5.47. The van der Waals surface area contributed by atoms with Gasteiger partial charge in [0.05, 0.1) is 10.7 Å². The van der Waals surface area contributed by atoms with Crippen molar-refractivity contribution < 1.29 is 9.13 Å². The van der Waals surface area contributed by atoms with Crippen LogP contribution in [0.4, 0.5) is 10.1 Å². The molecule has 0 fully saturated rings. The zero-order valence-corrected chi connectivity index (χ0v) is 10.9. The molecular weight excluding hydrogens is 253 g/mol. The molecule has 0 heterocycles. The summed E-state index contributed by atoms with van der Waals surface area (Å²) in [4.78, 5) is 0. The summed E-state index contributed by atoms with van der Waals surface area (Å²) in [6.07, 6.45) is 0. The van der Waals surface area contributed by atoms with E-state index >= 15 is 0 Å². The number of nitrogen functional groups attached to an aromatic ring is 1. The Bertz CT molecular complexity index is 599. The Morgan fingerprint density at radius 3 is 2.44 bits per heavy atom. The van der Waals surface area contributed by atoms with Gasteiger partial charge in [-0.25, -0.2) is 4.39 Å². The predicted octanol–water partition coefficient (Wildman–Crippen LogP) is 4.47. The SMILES string of the molecule is Cc1ccc(F)cc1Oc1cc(Cl)c(N)cc1C. The van der Waals surface area contributed by atoms with Crippen molar-refractivity contribution in [2.45, 2.75) is 13.8 Å². The Morgan fingerprint density at radius 1 is 1.06 bits per heavy atom. The summed E-state index contributed by atoms with van der Waals surface area (Å²) in [5, 5.41) is 0.421. The summed E-state index contributed by atoms with van der Waals surface area (Å²) in [6.45, 7) is 3.71. The topological polar surface area (TPSA) is 35.2 Å². The van der Waals surface area contributed by atoms with Crippen LogP contribution in [0, 0.1) is 19.7 Å². The summed E-state index contributed by atoms with van der Waals surface area (Å²) in [7, 11) is 0. The van der Waals surface area contributed by atoms with Gasteiger partial charge in [0.15, 0.2) is 0 Å². The molecule has 94 valence electrons. The number of nitrogens with two attached hydrogens (primary N) is 1. The Kier molecular flexibility index (Phi) is 3.43. The minimum atomic E-state index is -0.338. The van der Waals surface area contributed by atoms with E-state index in [1.54, 1.807) is 18.2 Å². The normalized spacial score (nSPS) is 10.4. The molecule has 2 nitrogen and oxygen atoms in total. The van der Waals surface area contributed by atoms with Gasteiger partial charge in [0.2, 0.25) is 0 Å². The minimum absolute atomic E-state index is 0.338. The predicted molar refractivity (Wildman–Crippen MR) is 71.8 cm³/mol. The lowest BCUT2D eigenvalue weighted by Crippen LogP contribution is -1.94. The second-order valence-corrected chi connectivity index (χ2v) is 4.56. The summed E-state index contributed by atoms with van der Waals surface area (Å²) >= 11 is 5.94. The Balaban J connectivity index is 2.40. The van der Waals surface area contributed by atoms with E-state index in [1.165, 1.54) is 12.1 Å². The van der Waals surface area contributed by atoms with Crippen LogP contribution in [0.5, 0.6) is 11.5 Å². The highest BCUT2D eigenvalue weighted by atomic mass is 35.5. The first-order chi connectivity index (χ1) is 8.47. The van der Waals surface area contributed by atoms with Crippen LogP contribution in [0.2, 0.25) is 5.02 Å². The van der Waals surface area contributed by atoms with E-state index < -0.39 is 0 Å². The molecule has 0 saturated heterocycles. The Morgan fingerprint density at radius 2 is 1.72 bits per heavy atom. The van der Waals surface area contributed by atoms with Crippen LogP contribution >= 0.6 is 11.6 Å². The average Bonchev–Trinajstić information content (AvgIpc) is 2.30. The first kappa shape index (κ1) is 12.7. The molecule has 0 unspecified atom stereocenters. The van der Waals surface area contributed by atoms with Crippen LogP contribution in [-0.4, -0.2) is 0 Å². The van der Waals surface area contributed by atoms with E-state index in [4.69, 9.17) is 22.1 Å². The lowest BCUT2D eigenvalue weighted by atomic mass is 10.2. The summed E-state index contributed by atoms with van der Waals surface area (Å²) in [5.41, 5.74) is 7.89. The highest BCUT2D eigenvalue weighted by Gasteiger charge is 2.08. The van der Waals surface area contributed by atoms with Crippen LogP contribution in [0.15, 0.2) is 30.3 Å². The third kappa shape index (κ3) is 2.57. The van der Waals surface area contributed by atoms with Crippen molar-refractivity contribution in [3.8, 4) is 11.5 Å². The molecule has 2 aromatic carbocycles. The third-order valence-electron chi connectivity index (χ3n) is 2.66. The van der Waals surface area contributed by atoms with Crippen molar-refractivity contribution in [3.05, 3.63) is 52.3 Å². The molecule has 0 aromatic heterocycles. The zero-order valence-electron chi connectivity index (χ0n) is 10.1. The number of rotatable bonds is 2. The number of hydrogen-bond donors (Lipinski definition) is 1. The molecule has 0 radical (unpaired) electrons. The highest BCUT2D eigenvalue weighted by Crippen LogP contribution is 2.33. The van der Waals surface area contributed by atoms with Gasteiger partial charge in [-0.2, -0.15) is 0 Å². The molecule has 2 rings (SSSR count). The highest BCUT2D eigenvalue weighted by molar-refractivity contribution is 6.33. The molecule has 0 atom stereocenters. The van der Waals surface area contributed by atoms with Gasteiger partial charge < -0.3 is 10.5 Å². The number of hydrogen-bond acceptors (Lipinski definition) is 2. The molecule has 0 bridgehead atoms. The number of anilines is 1. The molecule has 2 aromatic rings. The molecule has 0 aliphatic rings. The summed E-state index contributed by atoms with van der Waals surface area (Å²) < 4.78 is 18.8. The monoisotopic (exact) mass is 265 g/mol. The van der Waals surface area contributed by atoms with E-state index in [1.807, 2.05) is 13.8 Å². The molecule has 0 aliphatic carbocycles. The van der Waals surface area contributed by atoms with Crippen molar-refractivity contribution >= 4 is 17.3 Å². The Hall–Kier alpha value is -1.74. The van der Waals surface area contributed by atoms with Gasteiger partial charge in [0.25, 0.3) is 0 Å². The quantitative estimate of drug-likeness (QED) is 0.813. The van der Waals surface area contributed by atoms with Gasteiger partial charge in [-0.05, 0) is 37.1 Å². The van der Waals surface area contributed by atoms with Crippen LogP contribution in [0.3, 0.4) is 0 Å². The van der Waals surface area contributed by atoms with Gasteiger partial charge in [0.1, 0.15) is 17.3 Å². The van der Waals surface area contributed by atoms with Gasteiger partial charge >= 0.3 is 0 Å². The molecule has 0 amide bonds. The fraction of sp³-hybridized carbons (Fsp3) is 0.143. The summed E-state index contributed by atoms with van der Waals surface area (Å²) in [5.74, 6) is 0.705. The van der Waals surface area contributed by atoms with E-state index in [2.05, 4.69) is 0 Å². The van der Waals surface area contributed by atoms with Crippen LogP contribution < -0.4 is 10.5 Å². The zero-order chi connectivity index (χ0) is 13.3. The molecule has 4 heteroatoms. The fourth-order valence-corrected chi connectivity index (χ4v) is 1.75. The van der Waals surface area contributed by atoms with Gasteiger partial charge in [-0.3, -0.25) is 0 Å². The van der Waals surface area contributed by atoms with Crippen molar-refractivity contribution in [1.29, 1.82) is 0 Å². The standard InChI is InChI=1S/C14H13ClFNO/c1-8-3-4-10(16)6-13(8)18-14-7-11(15)12(17)5-9(14)2/h3-7H,17H2,1-2H3. The van der Waals surface area contributed by atoms with Gasteiger partial charge in [0, 0.05) is 12.1 Å². The lowest BCUT2D eigenvalue weighted by molar-refractivity contribution is 0.469. The molecule has 0 spiro atoms. The molecule has 18 heavy (non-hydrogen) atoms. The maximum absolute atomic E-state index is 13.2. The number of ether oxygens (including phenoxy) is 1. The average molecular weight is 266 g/mol. The van der Waals surface area contributed by atoms with E-state index in [9.17, 15) is 4.39 Å². The maximum Gasteiger partial charge on any atom is 0.133 e. The number of aryl methyl sites for hydroxylation is 2. The van der Waals surface area contributed by atoms with Crippen LogP contribution in [-0.2, 0) is 0 Å². The minimum Gasteiger partial charge on any atom is -0.457 e. The molecule has 0 saturated carbocycles. The number of halogens is 2. The van der Waals surface area contributed by atoms with Crippen LogP contribution in [0.25, 0.3) is 0 Å². The molecule has 0 aliphatic heterocycles. The maximum atomic E-state index is 13.2. The smallest absolute Gasteiger partial charge is 0.133 e. The van der Waals surface area contributed by atoms with Crippen molar-refractivity contribution in [2.75, 3.05) is 5.73 Å². The van der Waals surface area contributed by atoms with E-state index in [-0.39, 0.29) is 5.82 Å². The number of benzene rings is 2. The second kappa shape index (κ2) is 4.86. The van der Waals surface area contributed by atoms with Gasteiger partial charge in [-0.15, -0.1) is 0 Å². The van der Waals surface area contributed by atoms with E-state index in [0.29, 0.717) is 22.2 Å². The van der Waals surface area contributed by atoms with Gasteiger partial charge in [-0.1, -0.05) is 17.7 Å². The first-order valence-corrected chi connectivity index (χ1v) is 5.85. The third-order valence-corrected chi connectivity index (χ3v) is 2.99. The molecular formula is C14H13ClFNO. The fourth-order valence-electron chi connectivity index (χ4n) is 1.60. The van der Waals surface area contributed by atoms with Crippen molar-refractivity contribution in [1.82, 2.24) is 0 Å². The van der Waals surface area contributed by atoms with Crippen molar-refractivity contribution in [2.24, 2.45) is 0 Å².